The number of nitrogens with one attached hydrogen (secondary N) is 1. The molecular formula is C18H26N8O. The molecule has 0 radical (unpaired) electrons. The third kappa shape index (κ3) is 4.24. The number of carbonyl (C=O) groups is 1. The largest absolute Gasteiger partial charge is 0.346 e. The lowest BCUT2D eigenvalue weighted by atomic mass is 9.92. The van der Waals surface area contributed by atoms with Gasteiger partial charge in [0.25, 0.3) is 5.91 Å². The van der Waals surface area contributed by atoms with E-state index < -0.39 is 0 Å². The number of carbonyl (C=O) groups excluding carboxylic acids is 1. The lowest BCUT2D eigenvalue weighted by molar-refractivity contribution is 0.0928. The van der Waals surface area contributed by atoms with Crippen molar-refractivity contribution in [3.05, 3.63) is 30.4 Å². The summed E-state index contributed by atoms with van der Waals surface area (Å²) < 4.78 is 1.83. The predicted molar refractivity (Wildman–Crippen MR) is 100 cm³/mol. The Hall–Kier alpha value is -2.55. The van der Waals surface area contributed by atoms with Gasteiger partial charge in [-0.3, -0.25) is 4.79 Å². The minimum absolute atomic E-state index is 0.0490. The van der Waals surface area contributed by atoms with Gasteiger partial charge in [-0.05, 0) is 44.6 Å². The molecule has 0 spiro atoms. The smallest absolute Gasteiger partial charge is 0.273 e. The van der Waals surface area contributed by atoms with Crippen LogP contribution < -0.4 is 16.0 Å². The average Bonchev–Trinajstić information content (AvgIpc) is 3.20. The summed E-state index contributed by atoms with van der Waals surface area (Å²) in [4.78, 5) is 23.3. The van der Waals surface area contributed by atoms with Crippen LogP contribution >= 0.6 is 0 Å². The Kier molecular flexibility index (Phi) is 5.28. The van der Waals surface area contributed by atoms with Gasteiger partial charge in [-0.25, -0.2) is 14.6 Å². The standard InChI is InChI=1S/C18H26N8O/c19-13-4-6-15(7-5-13)26-12-16(23-24-26)17(27)22-14-3-1-10-25(11-14)18-20-8-2-9-21-18/h2,8-9,12-15H,1,3-7,10-11,19H2,(H,22,27)/t13?,14-,15?/m1/s1. The first kappa shape index (κ1) is 17.8. The number of amides is 1. The minimum atomic E-state index is -0.172. The summed E-state index contributed by atoms with van der Waals surface area (Å²) in [5, 5.41) is 11.3. The SMILES string of the molecule is NC1CCC(n2cc(C(=O)N[C@@H]3CCCN(c4ncccn4)C3)nn2)CC1. The Labute approximate surface area is 158 Å². The van der Waals surface area contributed by atoms with Gasteiger partial charge in [-0.15, -0.1) is 5.10 Å². The highest BCUT2D eigenvalue weighted by molar-refractivity contribution is 5.92. The highest BCUT2D eigenvalue weighted by Crippen LogP contribution is 2.26. The van der Waals surface area contributed by atoms with Crippen molar-refractivity contribution in [1.82, 2.24) is 30.3 Å². The van der Waals surface area contributed by atoms with E-state index in [2.05, 4.69) is 30.5 Å². The molecule has 2 aromatic heterocycles. The normalized spacial score (nSPS) is 26.0. The first-order valence-corrected chi connectivity index (χ1v) is 9.69. The van der Waals surface area contributed by atoms with Crippen molar-refractivity contribution in [3.63, 3.8) is 0 Å². The van der Waals surface area contributed by atoms with E-state index in [0.29, 0.717) is 24.2 Å². The Balaban J connectivity index is 1.35. The van der Waals surface area contributed by atoms with Gasteiger partial charge >= 0.3 is 0 Å². The number of nitrogens with two attached hydrogens (primary N) is 1. The topological polar surface area (TPSA) is 115 Å². The van der Waals surface area contributed by atoms with Crippen molar-refractivity contribution in [2.75, 3.05) is 18.0 Å². The number of hydrogen-bond acceptors (Lipinski definition) is 7. The predicted octanol–water partition coefficient (Wildman–Crippen LogP) is 0.909. The molecule has 9 nitrogen and oxygen atoms in total. The molecule has 4 rings (SSSR count). The summed E-state index contributed by atoms with van der Waals surface area (Å²) in [5.74, 6) is 0.535. The fourth-order valence-electron chi connectivity index (χ4n) is 3.92. The summed E-state index contributed by atoms with van der Waals surface area (Å²) in [5.41, 5.74) is 6.34. The summed E-state index contributed by atoms with van der Waals surface area (Å²) in [6.07, 6.45) is 11.1. The van der Waals surface area contributed by atoms with Crippen LogP contribution in [0.4, 0.5) is 5.95 Å². The zero-order valence-electron chi connectivity index (χ0n) is 15.4. The Bertz CT molecular complexity index is 756. The third-order valence-corrected chi connectivity index (χ3v) is 5.45. The fraction of sp³-hybridized carbons (Fsp3) is 0.611. The van der Waals surface area contributed by atoms with Crippen LogP contribution in [0.3, 0.4) is 0 Å². The van der Waals surface area contributed by atoms with Gasteiger partial charge in [-0.2, -0.15) is 0 Å². The molecule has 3 N–H and O–H groups in total. The van der Waals surface area contributed by atoms with Crippen LogP contribution in [0.2, 0.25) is 0 Å². The molecule has 1 aliphatic carbocycles. The summed E-state index contributed by atoms with van der Waals surface area (Å²) in [6.45, 7) is 1.60. The number of piperidine rings is 1. The Morgan fingerprint density at radius 2 is 1.93 bits per heavy atom. The van der Waals surface area contributed by atoms with Crippen molar-refractivity contribution in [1.29, 1.82) is 0 Å². The first-order valence-electron chi connectivity index (χ1n) is 9.69. The summed E-state index contributed by atoms with van der Waals surface area (Å²) in [7, 11) is 0. The van der Waals surface area contributed by atoms with E-state index in [1.54, 1.807) is 24.7 Å². The van der Waals surface area contributed by atoms with Gasteiger partial charge in [0, 0.05) is 37.6 Å². The van der Waals surface area contributed by atoms with Crippen LogP contribution in [-0.4, -0.2) is 56.0 Å². The molecule has 0 bridgehead atoms. The van der Waals surface area contributed by atoms with E-state index >= 15 is 0 Å². The van der Waals surface area contributed by atoms with Gasteiger partial charge in [0.1, 0.15) is 0 Å². The van der Waals surface area contributed by atoms with E-state index in [9.17, 15) is 4.79 Å². The monoisotopic (exact) mass is 370 g/mol. The molecule has 2 aromatic rings. The van der Waals surface area contributed by atoms with Crippen LogP contribution in [-0.2, 0) is 0 Å². The molecule has 0 aromatic carbocycles. The molecular weight excluding hydrogens is 344 g/mol. The Morgan fingerprint density at radius 1 is 1.15 bits per heavy atom. The van der Waals surface area contributed by atoms with Crippen LogP contribution in [0.25, 0.3) is 0 Å². The van der Waals surface area contributed by atoms with E-state index in [4.69, 9.17) is 5.73 Å². The number of nitrogens with zero attached hydrogens (tertiary/aromatic N) is 6. The lowest BCUT2D eigenvalue weighted by Crippen LogP contribution is -2.48. The van der Waals surface area contributed by atoms with Crippen molar-refractivity contribution in [2.45, 2.75) is 56.7 Å². The van der Waals surface area contributed by atoms with Gasteiger partial charge in [0.05, 0.1) is 12.2 Å². The molecule has 1 atom stereocenters. The second-order valence-corrected chi connectivity index (χ2v) is 7.46. The first-order chi connectivity index (χ1) is 13.2. The lowest BCUT2D eigenvalue weighted by Gasteiger charge is -2.32. The summed E-state index contributed by atoms with van der Waals surface area (Å²) in [6, 6.07) is 2.43. The maximum absolute atomic E-state index is 12.6. The van der Waals surface area contributed by atoms with Crippen molar-refractivity contribution in [3.8, 4) is 0 Å². The number of anilines is 1. The maximum atomic E-state index is 12.6. The van der Waals surface area contributed by atoms with Crippen molar-refractivity contribution < 1.29 is 4.79 Å². The molecule has 1 aliphatic heterocycles. The fourth-order valence-corrected chi connectivity index (χ4v) is 3.92. The highest BCUT2D eigenvalue weighted by Gasteiger charge is 2.26. The summed E-state index contributed by atoms with van der Waals surface area (Å²) >= 11 is 0. The van der Waals surface area contributed by atoms with Gasteiger partial charge < -0.3 is 16.0 Å². The average molecular weight is 370 g/mol. The van der Waals surface area contributed by atoms with Crippen LogP contribution in [0.1, 0.15) is 55.1 Å². The zero-order chi connectivity index (χ0) is 18.6. The van der Waals surface area contributed by atoms with E-state index in [1.807, 2.05) is 4.68 Å². The molecule has 1 saturated carbocycles. The van der Waals surface area contributed by atoms with E-state index in [1.165, 1.54) is 0 Å². The van der Waals surface area contributed by atoms with Gasteiger partial charge in [0.2, 0.25) is 5.95 Å². The molecule has 3 heterocycles. The molecule has 2 aliphatic rings. The van der Waals surface area contributed by atoms with Crippen LogP contribution in [0, 0.1) is 0 Å². The molecule has 9 heteroatoms. The van der Waals surface area contributed by atoms with Crippen LogP contribution in [0.15, 0.2) is 24.7 Å². The molecule has 2 fully saturated rings. The van der Waals surface area contributed by atoms with Gasteiger partial charge in [0.15, 0.2) is 5.69 Å². The molecule has 27 heavy (non-hydrogen) atoms. The maximum Gasteiger partial charge on any atom is 0.273 e. The second kappa shape index (κ2) is 7.99. The third-order valence-electron chi connectivity index (χ3n) is 5.45. The van der Waals surface area contributed by atoms with Gasteiger partial charge in [-0.1, -0.05) is 5.21 Å². The zero-order valence-corrected chi connectivity index (χ0v) is 15.4. The molecule has 1 amide bonds. The highest BCUT2D eigenvalue weighted by atomic mass is 16.2. The number of rotatable bonds is 4. The quantitative estimate of drug-likeness (QED) is 0.822. The molecule has 1 saturated heterocycles. The van der Waals surface area contributed by atoms with E-state index in [0.717, 1.165) is 45.1 Å². The van der Waals surface area contributed by atoms with E-state index in [-0.39, 0.29) is 18.0 Å². The van der Waals surface area contributed by atoms with Crippen molar-refractivity contribution >= 4 is 11.9 Å². The minimum Gasteiger partial charge on any atom is -0.346 e. The molecule has 144 valence electrons. The molecule has 0 unspecified atom stereocenters. The number of aromatic nitrogens is 5. The second-order valence-electron chi connectivity index (χ2n) is 7.46. The van der Waals surface area contributed by atoms with Crippen molar-refractivity contribution in [2.24, 2.45) is 5.73 Å². The Morgan fingerprint density at radius 3 is 2.70 bits per heavy atom. The van der Waals surface area contributed by atoms with Crippen LogP contribution in [0.5, 0.6) is 0 Å². The number of hydrogen-bond donors (Lipinski definition) is 2.